The zero-order valence-corrected chi connectivity index (χ0v) is 14.7. The zero-order valence-electron chi connectivity index (χ0n) is 14.7. The second kappa shape index (κ2) is 8.02. The van der Waals surface area contributed by atoms with E-state index in [9.17, 15) is 0 Å². The van der Waals surface area contributed by atoms with Gasteiger partial charge in [0, 0.05) is 31.9 Å². The van der Waals surface area contributed by atoms with E-state index in [4.69, 9.17) is 9.47 Å². The molecule has 2 aromatic rings. The van der Waals surface area contributed by atoms with Gasteiger partial charge in [0.25, 0.3) is 0 Å². The third-order valence-corrected chi connectivity index (χ3v) is 3.56. The van der Waals surface area contributed by atoms with Crippen molar-refractivity contribution in [2.24, 2.45) is 13.0 Å². The normalized spacial score (nSPS) is 11.0. The van der Waals surface area contributed by atoms with Crippen LogP contribution in [0.15, 0.2) is 24.4 Å². The van der Waals surface area contributed by atoms with Crippen LogP contribution in [0.2, 0.25) is 0 Å². The molecule has 126 valence electrons. The van der Waals surface area contributed by atoms with Gasteiger partial charge in [0.05, 0.1) is 19.4 Å². The minimum atomic E-state index is 0.490. The second-order valence-electron chi connectivity index (χ2n) is 6.21. The van der Waals surface area contributed by atoms with Crippen molar-refractivity contribution in [3.8, 4) is 11.5 Å². The predicted molar refractivity (Wildman–Crippen MR) is 91.8 cm³/mol. The average molecular weight is 317 g/mol. The van der Waals surface area contributed by atoms with E-state index in [1.807, 2.05) is 37.0 Å². The minimum Gasteiger partial charge on any atom is -0.493 e. The SMILES string of the molecule is COc1cc(CNCc2cn(C)nc2C)ccc1OCC(C)C. The Labute approximate surface area is 138 Å². The lowest BCUT2D eigenvalue weighted by molar-refractivity contribution is 0.256. The van der Waals surface area contributed by atoms with Gasteiger partial charge in [-0.2, -0.15) is 5.10 Å². The molecule has 5 heteroatoms. The molecule has 2 rings (SSSR count). The van der Waals surface area contributed by atoms with Crippen molar-refractivity contribution in [1.29, 1.82) is 0 Å². The fraction of sp³-hybridized carbons (Fsp3) is 0.500. The monoisotopic (exact) mass is 317 g/mol. The first kappa shape index (κ1) is 17.3. The summed E-state index contributed by atoms with van der Waals surface area (Å²) in [7, 11) is 3.62. The molecule has 0 unspecified atom stereocenters. The van der Waals surface area contributed by atoms with Crippen molar-refractivity contribution >= 4 is 0 Å². The molecule has 1 aromatic carbocycles. The van der Waals surface area contributed by atoms with Gasteiger partial charge in [-0.15, -0.1) is 0 Å². The first-order valence-corrected chi connectivity index (χ1v) is 7.99. The van der Waals surface area contributed by atoms with Gasteiger partial charge in [0.1, 0.15) is 0 Å². The Bertz CT molecular complexity index is 635. The van der Waals surface area contributed by atoms with Crippen LogP contribution in [-0.2, 0) is 20.1 Å². The van der Waals surface area contributed by atoms with E-state index in [2.05, 4.69) is 30.3 Å². The third kappa shape index (κ3) is 4.99. The number of rotatable bonds is 8. The molecule has 0 aliphatic heterocycles. The molecule has 0 spiro atoms. The van der Waals surface area contributed by atoms with Gasteiger partial charge >= 0.3 is 0 Å². The molecule has 0 amide bonds. The molecule has 0 saturated carbocycles. The Morgan fingerprint density at radius 3 is 2.61 bits per heavy atom. The van der Waals surface area contributed by atoms with E-state index >= 15 is 0 Å². The third-order valence-electron chi connectivity index (χ3n) is 3.56. The average Bonchev–Trinajstić information content (AvgIpc) is 2.83. The molecule has 0 radical (unpaired) electrons. The summed E-state index contributed by atoms with van der Waals surface area (Å²) in [6.45, 7) is 8.55. The Hall–Kier alpha value is -2.01. The quantitative estimate of drug-likeness (QED) is 0.813. The Balaban J connectivity index is 1.93. The van der Waals surface area contributed by atoms with Gasteiger partial charge in [-0.25, -0.2) is 0 Å². The number of methoxy groups -OCH3 is 1. The maximum Gasteiger partial charge on any atom is 0.161 e. The Morgan fingerprint density at radius 2 is 2.00 bits per heavy atom. The lowest BCUT2D eigenvalue weighted by Crippen LogP contribution is -2.13. The van der Waals surface area contributed by atoms with E-state index in [0.29, 0.717) is 12.5 Å². The van der Waals surface area contributed by atoms with E-state index in [1.54, 1.807) is 7.11 Å². The summed E-state index contributed by atoms with van der Waals surface area (Å²) in [6, 6.07) is 6.08. The van der Waals surface area contributed by atoms with E-state index in [1.165, 1.54) is 11.1 Å². The smallest absolute Gasteiger partial charge is 0.161 e. The summed E-state index contributed by atoms with van der Waals surface area (Å²) in [4.78, 5) is 0. The largest absolute Gasteiger partial charge is 0.493 e. The highest BCUT2D eigenvalue weighted by atomic mass is 16.5. The topological polar surface area (TPSA) is 48.3 Å². The standard InChI is InChI=1S/C18H27N3O2/c1-13(2)12-23-17-7-6-15(8-18(17)22-5)9-19-10-16-11-21(4)20-14(16)3/h6-8,11,13,19H,9-10,12H2,1-5H3. The van der Waals surface area contributed by atoms with Crippen molar-refractivity contribution in [1.82, 2.24) is 15.1 Å². The van der Waals surface area contributed by atoms with Crippen LogP contribution in [0.25, 0.3) is 0 Å². The van der Waals surface area contributed by atoms with Crippen LogP contribution in [0.3, 0.4) is 0 Å². The highest BCUT2D eigenvalue weighted by Crippen LogP contribution is 2.28. The van der Waals surface area contributed by atoms with Crippen LogP contribution in [0, 0.1) is 12.8 Å². The van der Waals surface area contributed by atoms with Crippen molar-refractivity contribution in [3.63, 3.8) is 0 Å². The lowest BCUT2D eigenvalue weighted by atomic mass is 10.2. The molecular weight excluding hydrogens is 290 g/mol. The van der Waals surface area contributed by atoms with Crippen molar-refractivity contribution in [2.45, 2.75) is 33.9 Å². The molecule has 1 heterocycles. The summed E-state index contributed by atoms with van der Waals surface area (Å²) >= 11 is 0. The van der Waals surface area contributed by atoms with Gasteiger partial charge in [-0.3, -0.25) is 4.68 Å². The van der Waals surface area contributed by atoms with Gasteiger partial charge in [-0.05, 0) is 30.5 Å². The number of benzene rings is 1. The van der Waals surface area contributed by atoms with E-state index in [0.717, 1.165) is 30.3 Å². The van der Waals surface area contributed by atoms with Gasteiger partial charge in [0.15, 0.2) is 11.5 Å². The predicted octanol–water partition coefficient (Wildman–Crippen LogP) is 3.06. The van der Waals surface area contributed by atoms with Crippen molar-refractivity contribution in [2.75, 3.05) is 13.7 Å². The first-order chi connectivity index (χ1) is 11.0. The number of hydrogen-bond acceptors (Lipinski definition) is 4. The Morgan fingerprint density at radius 1 is 1.22 bits per heavy atom. The molecule has 5 nitrogen and oxygen atoms in total. The van der Waals surface area contributed by atoms with Gasteiger partial charge in [-0.1, -0.05) is 19.9 Å². The lowest BCUT2D eigenvalue weighted by Gasteiger charge is -2.14. The molecule has 1 N–H and O–H groups in total. The van der Waals surface area contributed by atoms with Crippen molar-refractivity contribution in [3.05, 3.63) is 41.2 Å². The van der Waals surface area contributed by atoms with Gasteiger partial charge in [0.2, 0.25) is 0 Å². The summed E-state index contributed by atoms with van der Waals surface area (Å²) < 4.78 is 13.1. The van der Waals surface area contributed by atoms with E-state index in [-0.39, 0.29) is 0 Å². The van der Waals surface area contributed by atoms with Crippen LogP contribution in [-0.4, -0.2) is 23.5 Å². The van der Waals surface area contributed by atoms with Crippen LogP contribution < -0.4 is 14.8 Å². The van der Waals surface area contributed by atoms with Crippen LogP contribution in [0.5, 0.6) is 11.5 Å². The number of aromatic nitrogens is 2. The van der Waals surface area contributed by atoms with Crippen molar-refractivity contribution < 1.29 is 9.47 Å². The highest BCUT2D eigenvalue weighted by Gasteiger charge is 2.07. The zero-order chi connectivity index (χ0) is 16.8. The van der Waals surface area contributed by atoms with Gasteiger partial charge < -0.3 is 14.8 Å². The molecule has 0 aliphatic carbocycles. The van der Waals surface area contributed by atoms with Crippen LogP contribution in [0.1, 0.15) is 30.7 Å². The molecule has 0 saturated heterocycles. The molecule has 0 atom stereocenters. The fourth-order valence-electron chi connectivity index (χ4n) is 2.36. The number of nitrogens with one attached hydrogen (secondary N) is 1. The number of aryl methyl sites for hydroxylation is 2. The maximum absolute atomic E-state index is 5.78. The molecular formula is C18H27N3O2. The molecule has 0 aliphatic rings. The Kier molecular flexibility index (Phi) is 6.04. The van der Waals surface area contributed by atoms with Crippen LogP contribution in [0.4, 0.5) is 0 Å². The number of ether oxygens (including phenoxy) is 2. The summed E-state index contributed by atoms with van der Waals surface area (Å²) in [6.07, 6.45) is 2.05. The fourth-order valence-corrected chi connectivity index (χ4v) is 2.36. The molecule has 23 heavy (non-hydrogen) atoms. The summed E-state index contributed by atoms with van der Waals surface area (Å²) in [5.74, 6) is 2.07. The number of hydrogen-bond donors (Lipinski definition) is 1. The molecule has 0 fully saturated rings. The number of nitrogens with zero attached hydrogens (tertiary/aromatic N) is 2. The molecule has 0 bridgehead atoms. The highest BCUT2D eigenvalue weighted by molar-refractivity contribution is 5.43. The summed E-state index contributed by atoms with van der Waals surface area (Å²) in [5.41, 5.74) is 3.45. The van der Waals surface area contributed by atoms with E-state index < -0.39 is 0 Å². The van der Waals surface area contributed by atoms with Crippen LogP contribution >= 0.6 is 0 Å². The molecule has 1 aromatic heterocycles. The maximum atomic E-state index is 5.78. The second-order valence-corrected chi connectivity index (χ2v) is 6.21. The minimum absolute atomic E-state index is 0.490. The first-order valence-electron chi connectivity index (χ1n) is 7.99. The summed E-state index contributed by atoms with van der Waals surface area (Å²) in [5, 5.41) is 7.79.